The van der Waals surface area contributed by atoms with Crippen LogP contribution in [0.1, 0.15) is 132 Å². The molecule has 4 aliphatic rings. The monoisotopic (exact) mass is 912 g/mol. The first-order chi connectivity index (χ1) is 30.7. The number of carbonyl (C=O) groups is 5. The number of ether oxygens (including phenoxy) is 5. The molecule has 0 radical (unpaired) electrons. The zero-order valence-electron chi connectivity index (χ0n) is 41.2. The second-order valence-corrected chi connectivity index (χ2v) is 19.9. The van der Waals surface area contributed by atoms with Crippen molar-refractivity contribution >= 4 is 29.2 Å². The predicted molar refractivity (Wildman–Crippen MR) is 248 cm³/mol. The quantitative estimate of drug-likeness (QED) is 0.153. The highest BCUT2D eigenvalue weighted by Crippen LogP contribution is 2.38. The van der Waals surface area contributed by atoms with Crippen LogP contribution >= 0.6 is 0 Å². The summed E-state index contributed by atoms with van der Waals surface area (Å²) in [4.78, 5) is 72.1. The summed E-state index contributed by atoms with van der Waals surface area (Å²) >= 11 is 0. The smallest absolute Gasteiger partial charge is 0.329 e. The van der Waals surface area contributed by atoms with E-state index in [1.54, 1.807) is 28.1 Å². The molecule has 2 bridgehead atoms. The van der Waals surface area contributed by atoms with Crippen LogP contribution in [0.2, 0.25) is 0 Å². The number of piperidine rings is 1. The Balaban J connectivity index is 1.70. The number of allylic oxidation sites excluding steroid dienone is 6. The molecule has 13 nitrogen and oxygen atoms in total. The Morgan fingerprint density at radius 3 is 2.25 bits per heavy atom. The highest BCUT2D eigenvalue weighted by Gasteiger charge is 2.53. The van der Waals surface area contributed by atoms with Crippen LogP contribution in [0.3, 0.4) is 0 Å². The van der Waals surface area contributed by atoms with E-state index in [9.17, 15) is 34.2 Å². The standard InChI is InChI=1S/C52H81NO12/c1-31-17-13-12-14-18-32(2)44(61-9)29-40-22-20-37(7)52(60,65-40)49(57)50(58)53-24-16-15-19-41(53)51(59)64-45(35(5)27-39-21-23-42(54)46(28-39)62-10)30-43(55)34(4)26-33(3)38(8)48(63-11)47(56)36(6)25-31/h12-14,17-18,26,31,34-42,44-46,48,54,60H,15-16,19-25,27-30H2,1-11H3/b14-12+,17-13+,32-18+,33-26+. The lowest BCUT2D eigenvalue weighted by atomic mass is 9.78. The van der Waals surface area contributed by atoms with Gasteiger partial charge in [0.1, 0.15) is 24.0 Å². The number of rotatable bonds is 6. The molecule has 1 amide bonds. The molecule has 0 aromatic heterocycles. The summed E-state index contributed by atoms with van der Waals surface area (Å²) in [6, 6.07) is -1.11. The topological polar surface area (TPSA) is 175 Å². The molecule has 65 heavy (non-hydrogen) atoms. The summed E-state index contributed by atoms with van der Waals surface area (Å²) in [5.74, 6) is -7.31. The van der Waals surface area contributed by atoms with Crippen LogP contribution in [0.5, 0.6) is 0 Å². The summed E-state index contributed by atoms with van der Waals surface area (Å²) in [6.07, 6.45) is 14.0. The maximum Gasteiger partial charge on any atom is 0.329 e. The molecule has 1 saturated carbocycles. The van der Waals surface area contributed by atoms with Crippen molar-refractivity contribution < 1.29 is 57.9 Å². The Hall–Kier alpha value is -3.33. The van der Waals surface area contributed by atoms with Crippen LogP contribution < -0.4 is 0 Å². The Kier molecular flexibility index (Phi) is 21.0. The van der Waals surface area contributed by atoms with Crippen LogP contribution in [0.25, 0.3) is 0 Å². The van der Waals surface area contributed by atoms with Crippen LogP contribution in [0.4, 0.5) is 0 Å². The van der Waals surface area contributed by atoms with Gasteiger partial charge in [-0.1, -0.05) is 83.6 Å². The second kappa shape index (κ2) is 25.2. The Labute approximate surface area is 388 Å². The zero-order valence-corrected chi connectivity index (χ0v) is 41.2. The number of amides is 1. The highest BCUT2D eigenvalue weighted by atomic mass is 16.6. The van der Waals surface area contributed by atoms with Crippen molar-refractivity contribution in [2.45, 2.75) is 181 Å². The minimum absolute atomic E-state index is 0.00540. The summed E-state index contributed by atoms with van der Waals surface area (Å²) in [7, 11) is 4.71. The SMILES string of the molecule is COC1CC2CCC(C)C(O)(O2)C(=O)C(=O)N2CCCCC2C(=O)OC(C(C)CC2CCC(O)C(OC)C2)CC(=O)C(C)/C=C(\C)C(C)C(OC)C(=O)C(C)CC(C)/C=C/C=C/C=C/1C. The van der Waals surface area contributed by atoms with Crippen LogP contribution in [0, 0.1) is 41.4 Å². The molecule has 4 rings (SSSR count). The Bertz CT molecular complexity index is 1750. The van der Waals surface area contributed by atoms with E-state index in [0.717, 1.165) is 17.6 Å². The van der Waals surface area contributed by atoms with Gasteiger partial charge in [-0.05, 0) is 101 Å². The second-order valence-electron chi connectivity index (χ2n) is 19.9. The number of aliphatic hydroxyl groups excluding tert-OH is 1. The van der Waals surface area contributed by atoms with Gasteiger partial charge in [0.2, 0.25) is 5.79 Å². The van der Waals surface area contributed by atoms with Crippen molar-refractivity contribution in [2.24, 2.45) is 41.4 Å². The average molecular weight is 912 g/mol. The Morgan fingerprint density at radius 1 is 0.846 bits per heavy atom. The molecule has 366 valence electrons. The summed E-state index contributed by atoms with van der Waals surface area (Å²) in [6.45, 7) is 15.3. The molecule has 2 N–H and O–H groups in total. The van der Waals surface area contributed by atoms with Gasteiger partial charge in [-0.2, -0.15) is 0 Å². The predicted octanol–water partition coefficient (Wildman–Crippen LogP) is 7.46. The van der Waals surface area contributed by atoms with Gasteiger partial charge in [0.05, 0.1) is 24.4 Å². The molecule has 13 heteroatoms. The molecule has 0 aromatic rings. The van der Waals surface area contributed by atoms with Crippen molar-refractivity contribution in [2.75, 3.05) is 27.9 Å². The number of ketones is 3. The number of aliphatic hydroxyl groups is 2. The van der Waals surface area contributed by atoms with E-state index < -0.39 is 71.8 Å². The number of cyclic esters (lactones) is 1. The maximum absolute atomic E-state index is 14.4. The number of esters is 1. The van der Waals surface area contributed by atoms with Crippen molar-refractivity contribution in [3.05, 3.63) is 47.6 Å². The first kappa shape index (κ1) is 54.3. The number of nitrogens with zero attached hydrogens (tertiary/aromatic N) is 1. The van der Waals surface area contributed by atoms with E-state index in [0.29, 0.717) is 57.8 Å². The number of hydrogen-bond acceptors (Lipinski definition) is 12. The molecule has 2 saturated heterocycles. The van der Waals surface area contributed by atoms with Crippen LogP contribution in [0.15, 0.2) is 47.6 Å². The van der Waals surface area contributed by atoms with E-state index in [1.165, 1.54) is 12.0 Å². The average Bonchev–Trinajstić information content (AvgIpc) is 3.28. The molecule has 3 heterocycles. The molecule has 15 atom stereocenters. The van der Waals surface area contributed by atoms with E-state index in [4.69, 9.17) is 23.7 Å². The third-order valence-corrected chi connectivity index (χ3v) is 14.9. The van der Waals surface area contributed by atoms with Gasteiger partial charge in [-0.3, -0.25) is 19.2 Å². The van der Waals surface area contributed by atoms with E-state index in [1.807, 2.05) is 65.0 Å². The van der Waals surface area contributed by atoms with Crippen molar-refractivity contribution in [1.29, 1.82) is 0 Å². The molecule has 15 unspecified atom stereocenters. The van der Waals surface area contributed by atoms with Crippen molar-refractivity contribution in [3.63, 3.8) is 0 Å². The summed E-state index contributed by atoms with van der Waals surface area (Å²) in [5.41, 5.74) is 1.73. The minimum Gasteiger partial charge on any atom is -0.460 e. The van der Waals surface area contributed by atoms with Gasteiger partial charge in [-0.15, -0.1) is 0 Å². The number of methoxy groups -OCH3 is 3. The molecular weight excluding hydrogens is 831 g/mol. The van der Waals surface area contributed by atoms with Gasteiger partial charge in [0, 0.05) is 64.4 Å². The van der Waals surface area contributed by atoms with Crippen molar-refractivity contribution in [3.8, 4) is 0 Å². The lowest BCUT2D eigenvalue weighted by Crippen LogP contribution is -2.61. The van der Waals surface area contributed by atoms with Gasteiger partial charge < -0.3 is 38.8 Å². The minimum atomic E-state index is -2.41. The Morgan fingerprint density at radius 2 is 1.57 bits per heavy atom. The van der Waals surface area contributed by atoms with Crippen LogP contribution in [-0.4, -0.2) is 121 Å². The molecule has 1 aliphatic carbocycles. The lowest BCUT2D eigenvalue weighted by molar-refractivity contribution is -0.265. The zero-order chi connectivity index (χ0) is 48.2. The molecule has 3 fully saturated rings. The lowest BCUT2D eigenvalue weighted by Gasteiger charge is -2.42. The molecular formula is C52H81NO12. The normalized spacial score (nSPS) is 40.4. The van der Waals surface area contributed by atoms with Crippen LogP contribution in [-0.2, 0) is 47.7 Å². The summed E-state index contributed by atoms with van der Waals surface area (Å²) in [5, 5.41) is 22.4. The third kappa shape index (κ3) is 14.3. The fourth-order valence-electron chi connectivity index (χ4n) is 10.3. The number of carbonyl (C=O) groups excluding carboxylic acids is 5. The first-order valence-electron chi connectivity index (χ1n) is 24.2. The first-order valence-corrected chi connectivity index (χ1v) is 24.2. The number of Topliss-reactive ketones (excluding diaryl/α,β-unsaturated/α-hetero) is 3. The molecule has 0 spiro atoms. The van der Waals surface area contributed by atoms with Gasteiger partial charge in [-0.25, -0.2) is 4.79 Å². The van der Waals surface area contributed by atoms with Gasteiger partial charge in [0.15, 0.2) is 5.78 Å². The largest absolute Gasteiger partial charge is 0.460 e. The van der Waals surface area contributed by atoms with Crippen molar-refractivity contribution in [1.82, 2.24) is 4.90 Å². The molecule has 0 aromatic carbocycles. The third-order valence-electron chi connectivity index (χ3n) is 14.9. The molecule has 3 aliphatic heterocycles. The number of hydrogen-bond donors (Lipinski definition) is 2. The van der Waals surface area contributed by atoms with E-state index in [-0.39, 0.29) is 66.6 Å². The maximum atomic E-state index is 14.4. The van der Waals surface area contributed by atoms with E-state index in [2.05, 4.69) is 13.0 Å². The fourth-order valence-corrected chi connectivity index (χ4v) is 10.3. The number of fused-ring (bicyclic) bond motifs is 3. The summed E-state index contributed by atoms with van der Waals surface area (Å²) < 4.78 is 29.7. The highest BCUT2D eigenvalue weighted by molar-refractivity contribution is 6.39. The van der Waals surface area contributed by atoms with Gasteiger partial charge in [0.25, 0.3) is 11.7 Å². The fraction of sp³-hybridized carbons (Fsp3) is 0.750. The van der Waals surface area contributed by atoms with Gasteiger partial charge >= 0.3 is 5.97 Å². The van der Waals surface area contributed by atoms with E-state index >= 15 is 0 Å².